The number of rotatable bonds is 16. The fourth-order valence-electron chi connectivity index (χ4n) is 7.70. The van der Waals surface area contributed by atoms with Crippen LogP contribution in [0.3, 0.4) is 0 Å². The summed E-state index contributed by atoms with van der Waals surface area (Å²) >= 11 is 0. The van der Waals surface area contributed by atoms with Gasteiger partial charge in [-0.2, -0.15) is 0 Å². The molecular formula is C42H60N4O6. The Hall–Kier alpha value is -3.38. The van der Waals surface area contributed by atoms with Crippen LogP contribution in [0, 0.1) is 16.7 Å². The highest BCUT2D eigenvalue weighted by Gasteiger charge is 2.59. The summed E-state index contributed by atoms with van der Waals surface area (Å²) in [6.45, 7) is 15.3. The molecule has 10 nitrogen and oxygen atoms in total. The Morgan fingerprint density at radius 1 is 0.692 bits per heavy atom. The van der Waals surface area contributed by atoms with Crippen molar-refractivity contribution in [3.05, 3.63) is 83.9 Å². The van der Waals surface area contributed by atoms with Crippen LogP contribution in [0.2, 0.25) is 0 Å². The zero-order chi connectivity index (χ0) is 37.0. The molecule has 4 atom stereocenters. The van der Waals surface area contributed by atoms with E-state index in [2.05, 4.69) is 68.2 Å². The molecule has 2 N–H and O–H groups in total. The van der Waals surface area contributed by atoms with Crippen LogP contribution in [-0.2, 0) is 19.1 Å². The molecule has 2 aromatic carbocycles. The van der Waals surface area contributed by atoms with Gasteiger partial charge in [0.05, 0.1) is 11.3 Å². The van der Waals surface area contributed by atoms with Crippen LogP contribution in [0.15, 0.2) is 72.8 Å². The zero-order valence-electron chi connectivity index (χ0n) is 31.4. The third-order valence-corrected chi connectivity index (χ3v) is 11.6. The first-order valence-electron chi connectivity index (χ1n) is 19.1. The highest BCUT2D eigenvalue weighted by molar-refractivity contribution is 5.82. The van der Waals surface area contributed by atoms with Gasteiger partial charge in [-0.3, -0.25) is 29.2 Å². The monoisotopic (exact) mass is 716 g/mol. The van der Waals surface area contributed by atoms with Crippen molar-refractivity contribution in [1.82, 2.24) is 19.6 Å². The van der Waals surface area contributed by atoms with Crippen molar-refractivity contribution in [3.63, 3.8) is 0 Å². The van der Waals surface area contributed by atoms with Crippen LogP contribution >= 0.6 is 0 Å². The van der Waals surface area contributed by atoms with Crippen molar-refractivity contribution in [2.75, 3.05) is 91.8 Å². The molecule has 5 rings (SSSR count). The standard InChI is InChI=1S/C42H60N4O6/c1-41(2)38(39(49)51-32-36(47)30-45-26-22-43(23-27-45)20-10-16-34-12-6-4-7-13-34)18-19-42(41,3)40(50)52-33-37(48)31-46-28-24-44(25-29-46)21-11-17-35-14-8-5-9-15-35/h4-17,36-38,47-48H,18-33H2,1-3H3/b16-10-,17-11-/t36-,37+,38-,42+/m0/s1. The van der Waals surface area contributed by atoms with Crippen LogP contribution in [0.1, 0.15) is 44.7 Å². The number of carbonyl (C=O) groups is 2. The van der Waals surface area contributed by atoms with Crippen LogP contribution in [-0.4, -0.2) is 146 Å². The maximum Gasteiger partial charge on any atom is 0.312 e. The molecule has 0 radical (unpaired) electrons. The third-order valence-electron chi connectivity index (χ3n) is 11.6. The summed E-state index contributed by atoms with van der Waals surface area (Å²) in [6.07, 6.45) is 8.08. The number of aliphatic hydroxyl groups excluding tert-OH is 2. The molecule has 0 aromatic heterocycles. The van der Waals surface area contributed by atoms with Gasteiger partial charge in [0.25, 0.3) is 0 Å². The molecule has 52 heavy (non-hydrogen) atoms. The summed E-state index contributed by atoms with van der Waals surface area (Å²) in [4.78, 5) is 36.0. The van der Waals surface area contributed by atoms with Gasteiger partial charge in [0.2, 0.25) is 0 Å². The molecule has 2 aromatic rings. The van der Waals surface area contributed by atoms with E-state index >= 15 is 0 Å². The smallest absolute Gasteiger partial charge is 0.312 e. The van der Waals surface area contributed by atoms with Gasteiger partial charge >= 0.3 is 11.9 Å². The number of ether oxygens (including phenoxy) is 2. The SMILES string of the molecule is CC1(C)[C@H](C(=O)OC[C@@H](O)CN2CCN(C/C=C\c3ccccc3)CC2)CC[C@]1(C)C(=O)OC[C@H](O)CN1CCN(C/C=C\c2ccccc2)CC1. The minimum absolute atomic E-state index is 0.0720. The maximum atomic E-state index is 13.5. The summed E-state index contributed by atoms with van der Waals surface area (Å²) in [7, 11) is 0. The molecule has 10 heteroatoms. The maximum absolute atomic E-state index is 13.5. The van der Waals surface area contributed by atoms with E-state index in [0.29, 0.717) is 25.9 Å². The summed E-state index contributed by atoms with van der Waals surface area (Å²) < 4.78 is 11.4. The second-order valence-electron chi connectivity index (χ2n) is 15.5. The fraction of sp³-hybridized carbons (Fsp3) is 0.571. The van der Waals surface area contributed by atoms with Crippen LogP contribution in [0.4, 0.5) is 0 Å². The second kappa shape index (κ2) is 19.1. The lowest BCUT2D eigenvalue weighted by Gasteiger charge is -2.39. The molecule has 0 bridgehead atoms. The van der Waals surface area contributed by atoms with Gasteiger partial charge < -0.3 is 19.7 Å². The van der Waals surface area contributed by atoms with E-state index in [1.54, 1.807) is 0 Å². The lowest BCUT2D eigenvalue weighted by atomic mass is 9.65. The highest BCUT2D eigenvalue weighted by Crippen LogP contribution is 2.57. The summed E-state index contributed by atoms with van der Waals surface area (Å²) in [5, 5.41) is 21.5. The highest BCUT2D eigenvalue weighted by atomic mass is 16.5. The van der Waals surface area contributed by atoms with E-state index in [1.165, 1.54) is 11.1 Å². The minimum atomic E-state index is -0.899. The first-order valence-corrected chi connectivity index (χ1v) is 19.1. The number of aliphatic hydroxyl groups is 2. The number of hydrogen-bond donors (Lipinski definition) is 2. The van der Waals surface area contributed by atoms with E-state index in [-0.39, 0.29) is 19.2 Å². The van der Waals surface area contributed by atoms with Gasteiger partial charge in [-0.25, -0.2) is 0 Å². The van der Waals surface area contributed by atoms with Gasteiger partial charge in [-0.1, -0.05) is 98.8 Å². The number of benzene rings is 2. The summed E-state index contributed by atoms with van der Waals surface area (Å²) in [6, 6.07) is 20.5. The average Bonchev–Trinajstić information content (AvgIpc) is 3.40. The van der Waals surface area contributed by atoms with Crippen LogP contribution < -0.4 is 0 Å². The molecule has 3 fully saturated rings. The normalized spacial score (nSPS) is 24.7. The average molecular weight is 717 g/mol. The predicted octanol–water partition coefficient (Wildman–Crippen LogP) is 3.90. The molecule has 3 aliphatic rings. The van der Waals surface area contributed by atoms with Crippen molar-refractivity contribution in [2.45, 2.75) is 45.8 Å². The molecule has 2 saturated heterocycles. The fourth-order valence-corrected chi connectivity index (χ4v) is 7.70. The van der Waals surface area contributed by atoms with E-state index in [0.717, 1.165) is 65.4 Å². The Kier molecular flexibility index (Phi) is 14.6. The molecule has 0 amide bonds. The van der Waals surface area contributed by atoms with E-state index < -0.39 is 34.9 Å². The van der Waals surface area contributed by atoms with Gasteiger partial charge in [0.15, 0.2) is 0 Å². The molecule has 1 aliphatic carbocycles. The van der Waals surface area contributed by atoms with Gasteiger partial charge in [-0.15, -0.1) is 0 Å². The minimum Gasteiger partial charge on any atom is -0.463 e. The van der Waals surface area contributed by atoms with Crippen molar-refractivity contribution < 1.29 is 29.3 Å². The van der Waals surface area contributed by atoms with Crippen molar-refractivity contribution in [1.29, 1.82) is 0 Å². The molecular weight excluding hydrogens is 656 g/mol. The first kappa shape index (κ1) is 39.8. The number of β-amino-alcohol motifs (C(OH)–C–C–N with tert-alkyl or cyclic N) is 2. The lowest BCUT2D eigenvalue weighted by Crippen LogP contribution is -2.49. The number of nitrogens with zero attached hydrogens (tertiary/aromatic N) is 4. The third kappa shape index (κ3) is 11.1. The number of esters is 2. The van der Waals surface area contributed by atoms with Crippen molar-refractivity contribution in [2.24, 2.45) is 16.7 Å². The number of piperazine rings is 2. The Labute approximate surface area is 310 Å². The largest absolute Gasteiger partial charge is 0.463 e. The Bertz CT molecular complexity index is 1450. The summed E-state index contributed by atoms with van der Waals surface area (Å²) in [5.74, 6) is -1.27. The Morgan fingerprint density at radius 3 is 1.58 bits per heavy atom. The lowest BCUT2D eigenvalue weighted by molar-refractivity contribution is -0.168. The molecule has 0 unspecified atom stereocenters. The molecule has 2 aliphatic heterocycles. The topological polar surface area (TPSA) is 106 Å². The Morgan fingerprint density at radius 2 is 1.12 bits per heavy atom. The summed E-state index contributed by atoms with van der Waals surface area (Å²) in [5.41, 5.74) is 0.774. The molecule has 2 heterocycles. The molecule has 0 spiro atoms. The van der Waals surface area contributed by atoms with E-state index in [1.807, 2.05) is 57.2 Å². The van der Waals surface area contributed by atoms with Gasteiger partial charge in [-0.05, 0) is 36.3 Å². The quantitative estimate of drug-likeness (QED) is 0.249. The predicted molar refractivity (Wildman–Crippen MR) is 205 cm³/mol. The zero-order valence-corrected chi connectivity index (χ0v) is 31.4. The molecule has 284 valence electrons. The number of hydrogen-bond acceptors (Lipinski definition) is 10. The Balaban J connectivity index is 0.966. The van der Waals surface area contributed by atoms with Crippen LogP contribution in [0.25, 0.3) is 12.2 Å². The van der Waals surface area contributed by atoms with Gasteiger partial charge in [0, 0.05) is 78.5 Å². The van der Waals surface area contributed by atoms with Gasteiger partial charge in [0.1, 0.15) is 25.4 Å². The van der Waals surface area contributed by atoms with E-state index in [9.17, 15) is 19.8 Å². The van der Waals surface area contributed by atoms with E-state index in [4.69, 9.17) is 9.47 Å². The second-order valence-corrected chi connectivity index (χ2v) is 15.5. The molecule has 1 saturated carbocycles. The van der Waals surface area contributed by atoms with Crippen LogP contribution in [0.5, 0.6) is 0 Å². The first-order chi connectivity index (χ1) is 25.0. The van der Waals surface area contributed by atoms with Crippen molar-refractivity contribution >= 4 is 24.1 Å². The van der Waals surface area contributed by atoms with Crippen molar-refractivity contribution in [3.8, 4) is 0 Å². The number of carbonyl (C=O) groups excluding carboxylic acids is 2.